The van der Waals surface area contributed by atoms with Gasteiger partial charge in [0.1, 0.15) is 0 Å². The number of benzene rings is 1. The summed E-state index contributed by atoms with van der Waals surface area (Å²) in [7, 11) is 1.82. The van der Waals surface area contributed by atoms with Gasteiger partial charge in [0.15, 0.2) is 5.96 Å². The molecule has 1 aliphatic heterocycles. The molecule has 0 radical (unpaired) electrons. The van der Waals surface area contributed by atoms with Crippen LogP contribution >= 0.6 is 0 Å². The van der Waals surface area contributed by atoms with Gasteiger partial charge in [0.2, 0.25) is 0 Å². The van der Waals surface area contributed by atoms with Crippen LogP contribution in [0.15, 0.2) is 35.3 Å². The Labute approximate surface area is 152 Å². The molecular weight excluding hydrogens is 312 g/mol. The molecule has 0 amide bonds. The van der Waals surface area contributed by atoms with Crippen LogP contribution < -0.4 is 10.6 Å². The average Bonchev–Trinajstić information content (AvgIpc) is 3.17. The molecule has 1 aliphatic rings. The van der Waals surface area contributed by atoms with Crippen LogP contribution in [0.5, 0.6) is 0 Å². The number of hydrogen-bond donors (Lipinski definition) is 2. The molecule has 2 N–H and O–H groups in total. The van der Waals surface area contributed by atoms with Crippen LogP contribution in [0.3, 0.4) is 0 Å². The first-order valence-corrected chi connectivity index (χ1v) is 9.63. The van der Waals surface area contributed by atoms with E-state index in [2.05, 4.69) is 51.7 Å². The van der Waals surface area contributed by atoms with Gasteiger partial charge in [0, 0.05) is 26.7 Å². The van der Waals surface area contributed by atoms with Gasteiger partial charge in [-0.1, -0.05) is 30.3 Å². The number of guanidine groups is 1. The van der Waals surface area contributed by atoms with Crippen molar-refractivity contribution in [3.63, 3.8) is 0 Å². The first-order valence-electron chi connectivity index (χ1n) is 9.63. The van der Waals surface area contributed by atoms with E-state index in [1.807, 2.05) is 13.1 Å². The Morgan fingerprint density at radius 1 is 1.12 bits per heavy atom. The van der Waals surface area contributed by atoms with Crippen LogP contribution in [0.1, 0.15) is 44.3 Å². The quantitative estimate of drug-likeness (QED) is 0.389. The Balaban J connectivity index is 1.49. The van der Waals surface area contributed by atoms with Crippen LogP contribution in [0, 0.1) is 0 Å². The Morgan fingerprint density at radius 3 is 2.48 bits per heavy atom. The third-order valence-electron chi connectivity index (χ3n) is 4.62. The number of nitrogens with one attached hydrogen (secondary N) is 2. The molecule has 5 heteroatoms. The van der Waals surface area contributed by atoms with Crippen LogP contribution in [-0.2, 0) is 4.74 Å². The van der Waals surface area contributed by atoms with E-state index in [4.69, 9.17) is 4.74 Å². The molecule has 1 aromatic rings. The van der Waals surface area contributed by atoms with Gasteiger partial charge in [0.25, 0.3) is 0 Å². The van der Waals surface area contributed by atoms with Gasteiger partial charge in [-0.2, -0.15) is 0 Å². The molecular formula is C20H34N4O. The predicted molar refractivity (Wildman–Crippen MR) is 105 cm³/mol. The van der Waals surface area contributed by atoms with E-state index in [1.54, 1.807) is 0 Å². The Hall–Kier alpha value is -1.59. The molecule has 0 spiro atoms. The van der Waals surface area contributed by atoms with E-state index in [-0.39, 0.29) is 6.10 Å². The van der Waals surface area contributed by atoms with Crippen molar-refractivity contribution in [2.75, 3.05) is 46.4 Å². The van der Waals surface area contributed by atoms with Gasteiger partial charge in [-0.05, 0) is 57.8 Å². The number of aliphatic imine (C=N–C) groups is 1. The highest BCUT2D eigenvalue weighted by Crippen LogP contribution is 2.15. The van der Waals surface area contributed by atoms with Crippen molar-refractivity contribution in [2.45, 2.75) is 38.7 Å². The summed E-state index contributed by atoms with van der Waals surface area (Å²) in [6, 6.07) is 10.4. The molecule has 1 unspecified atom stereocenters. The second-order valence-electron chi connectivity index (χ2n) is 6.61. The predicted octanol–water partition coefficient (Wildman–Crippen LogP) is 2.81. The zero-order chi connectivity index (χ0) is 17.7. The molecule has 5 nitrogen and oxygen atoms in total. The fourth-order valence-corrected chi connectivity index (χ4v) is 3.10. The molecule has 1 heterocycles. The molecule has 0 aliphatic carbocycles. The summed E-state index contributed by atoms with van der Waals surface area (Å²) >= 11 is 0. The lowest BCUT2D eigenvalue weighted by Crippen LogP contribution is -2.39. The average molecular weight is 347 g/mol. The molecule has 25 heavy (non-hydrogen) atoms. The van der Waals surface area contributed by atoms with Gasteiger partial charge < -0.3 is 20.3 Å². The minimum atomic E-state index is 0.143. The van der Waals surface area contributed by atoms with E-state index in [9.17, 15) is 0 Å². The Morgan fingerprint density at radius 2 is 1.80 bits per heavy atom. The largest absolute Gasteiger partial charge is 0.374 e. The fraction of sp³-hybridized carbons (Fsp3) is 0.650. The van der Waals surface area contributed by atoms with Gasteiger partial charge in [0.05, 0.1) is 6.10 Å². The minimum absolute atomic E-state index is 0.143. The van der Waals surface area contributed by atoms with E-state index in [1.165, 1.54) is 44.5 Å². The monoisotopic (exact) mass is 346 g/mol. The summed E-state index contributed by atoms with van der Waals surface area (Å²) in [6.07, 6.45) is 5.00. The minimum Gasteiger partial charge on any atom is -0.374 e. The molecule has 1 aromatic carbocycles. The van der Waals surface area contributed by atoms with E-state index < -0.39 is 0 Å². The van der Waals surface area contributed by atoms with E-state index in [0.717, 1.165) is 32.1 Å². The van der Waals surface area contributed by atoms with Gasteiger partial charge >= 0.3 is 0 Å². The number of nitrogens with zero attached hydrogens (tertiary/aromatic N) is 2. The van der Waals surface area contributed by atoms with Crippen molar-refractivity contribution in [1.29, 1.82) is 0 Å². The van der Waals surface area contributed by atoms with Crippen molar-refractivity contribution in [3.8, 4) is 0 Å². The number of rotatable bonds is 10. The van der Waals surface area contributed by atoms with Crippen LogP contribution in [0.2, 0.25) is 0 Å². The topological polar surface area (TPSA) is 48.9 Å². The molecule has 0 bridgehead atoms. The molecule has 1 saturated heterocycles. The maximum Gasteiger partial charge on any atom is 0.190 e. The summed E-state index contributed by atoms with van der Waals surface area (Å²) in [6.45, 7) is 8.42. The standard InChI is InChI=1S/C20H34N4O/c1-18(19-10-4-3-5-11-19)25-17-9-13-23-20(21-2)22-12-8-16-24-14-6-7-15-24/h3-5,10-11,18H,6-9,12-17H2,1-2H3,(H2,21,22,23). The summed E-state index contributed by atoms with van der Waals surface area (Å²) < 4.78 is 5.89. The van der Waals surface area contributed by atoms with Crippen LogP contribution in [0.4, 0.5) is 0 Å². The maximum absolute atomic E-state index is 5.89. The smallest absolute Gasteiger partial charge is 0.190 e. The molecule has 0 saturated carbocycles. The maximum atomic E-state index is 5.89. The van der Waals surface area contributed by atoms with E-state index >= 15 is 0 Å². The highest BCUT2D eigenvalue weighted by Gasteiger charge is 2.10. The molecule has 1 atom stereocenters. The van der Waals surface area contributed by atoms with E-state index in [0.29, 0.717) is 0 Å². The Bertz CT molecular complexity index is 486. The lowest BCUT2D eigenvalue weighted by Gasteiger charge is -2.16. The highest BCUT2D eigenvalue weighted by molar-refractivity contribution is 5.79. The van der Waals surface area contributed by atoms with Crippen molar-refractivity contribution < 1.29 is 4.74 Å². The first kappa shape index (κ1) is 19.7. The second-order valence-corrected chi connectivity index (χ2v) is 6.61. The van der Waals surface area contributed by atoms with Gasteiger partial charge in [-0.15, -0.1) is 0 Å². The molecule has 2 rings (SSSR count). The molecule has 0 aromatic heterocycles. The van der Waals surface area contributed by atoms with Gasteiger partial charge in [-0.3, -0.25) is 4.99 Å². The second kappa shape index (κ2) is 11.9. The molecule has 1 fully saturated rings. The molecule has 140 valence electrons. The summed E-state index contributed by atoms with van der Waals surface area (Å²) in [5.74, 6) is 0.887. The third-order valence-corrected chi connectivity index (χ3v) is 4.62. The summed E-state index contributed by atoms with van der Waals surface area (Å²) in [5.41, 5.74) is 1.23. The van der Waals surface area contributed by atoms with Crippen LogP contribution in [0.25, 0.3) is 0 Å². The Kier molecular flexibility index (Phi) is 9.37. The van der Waals surface area contributed by atoms with Crippen molar-refractivity contribution in [1.82, 2.24) is 15.5 Å². The fourth-order valence-electron chi connectivity index (χ4n) is 3.10. The lowest BCUT2D eigenvalue weighted by atomic mass is 10.1. The number of ether oxygens (including phenoxy) is 1. The lowest BCUT2D eigenvalue weighted by molar-refractivity contribution is 0.0646. The third kappa shape index (κ3) is 7.88. The van der Waals surface area contributed by atoms with Gasteiger partial charge in [-0.25, -0.2) is 0 Å². The number of likely N-dealkylation sites (tertiary alicyclic amines) is 1. The normalized spacial score (nSPS) is 16.8. The van der Waals surface area contributed by atoms with Crippen molar-refractivity contribution in [3.05, 3.63) is 35.9 Å². The van der Waals surface area contributed by atoms with Crippen molar-refractivity contribution in [2.24, 2.45) is 4.99 Å². The van der Waals surface area contributed by atoms with Crippen LogP contribution in [-0.4, -0.2) is 57.2 Å². The number of hydrogen-bond acceptors (Lipinski definition) is 3. The summed E-state index contributed by atoms with van der Waals surface area (Å²) in [5, 5.41) is 6.75. The SMILES string of the molecule is CN=C(NCCCOC(C)c1ccccc1)NCCCN1CCCC1. The zero-order valence-corrected chi connectivity index (χ0v) is 15.8. The first-order chi connectivity index (χ1) is 12.3. The zero-order valence-electron chi connectivity index (χ0n) is 15.8. The highest BCUT2D eigenvalue weighted by atomic mass is 16.5. The van der Waals surface area contributed by atoms with Crippen molar-refractivity contribution >= 4 is 5.96 Å². The summed E-state index contributed by atoms with van der Waals surface area (Å²) in [4.78, 5) is 6.82.